The fourth-order valence-corrected chi connectivity index (χ4v) is 1.74. The van der Waals surface area contributed by atoms with Crippen LogP contribution in [0.5, 0.6) is 0 Å². The van der Waals surface area contributed by atoms with Gasteiger partial charge in [-0.3, -0.25) is 0 Å². The SMILES string of the molecule is CCNc1cccc(Nc2c(F)cccc2Cl)n1. The summed E-state index contributed by atoms with van der Waals surface area (Å²) in [7, 11) is 0. The van der Waals surface area contributed by atoms with Crippen LogP contribution in [-0.2, 0) is 0 Å². The Kier molecular flexibility index (Phi) is 3.99. The standard InChI is InChI=1S/C13H13ClFN3/c1-2-16-11-7-4-8-12(17-11)18-13-9(14)5-3-6-10(13)15/h3-8H,2H2,1H3,(H2,16,17,18). The third-order valence-electron chi connectivity index (χ3n) is 2.32. The first-order valence-corrected chi connectivity index (χ1v) is 6.00. The fourth-order valence-electron chi connectivity index (χ4n) is 1.53. The fraction of sp³-hybridized carbons (Fsp3) is 0.154. The highest BCUT2D eigenvalue weighted by atomic mass is 35.5. The largest absolute Gasteiger partial charge is 0.370 e. The molecule has 0 unspecified atom stereocenters. The lowest BCUT2D eigenvalue weighted by Crippen LogP contribution is -2.02. The summed E-state index contributed by atoms with van der Waals surface area (Å²) in [5.74, 6) is 0.869. The lowest BCUT2D eigenvalue weighted by molar-refractivity contribution is 0.632. The van der Waals surface area contributed by atoms with E-state index >= 15 is 0 Å². The van der Waals surface area contributed by atoms with E-state index in [-0.39, 0.29) is 5.69 Å². The first kappa shape index (κ1) is 12.6. The number of pyridine rings is 1. The molecule has 0 saturated heterocycles. The van der Waals surface area contributed by atoms with Crippen LogP contribution in [0, 0.1) is 5.82 Å². The monoisotopic (exact) mass is 265 g/mol. The number of nitrogens with zero attached hydrogens (tertiary/aromatic N) is 1. The molecule has 2 N–H and O–H groups in total. The van der Waals surface area contributed by atoms with Gasteiger partial charge in [-0.05, 0) is 31.2 Å². The number of benzene rings is 1. The first-order chi connectivity index (χ1) is 8.70. The van der Waals surface area contributed by atoms with Gasteiger partial charge < -0.3 is 10.6 Å². The van der Waals surface area contributed by atoms with Crippen LogP contribution in [0.2, 0.25) is 5.02 Å². The maximum absolute atomic E-state index is 13.6. The van der Waals surface area contributed by atoms with Crippen LogP contribution < -0.4 is 10.6 Å². The van der Waals surface area contributed by atoms with E-state index in [0.29, 0.717) is 10.8 Å². The average Bonchev–Trinajstić information content (AvgIpc) is 2.35. The zero-order chi connectivity index (χ0) is 13.0. The number of nitrogens with one attached hydrogen (secondary N) is 2. The van der Waals surface area contributed by atoms with Crippen LogP contribution in [0.1, 0.15) is 6.92 Å². The van der Waals surface area contributed by atoms with Crippen molar-refractivity contribution in [3.8, 4) is 0 Å². The van der Waals surface area contributed by atoms with Crippen molar-refractivity contribution >= 4 is 28.9 Å². The lowest BCUT2D eigenvalue weighted by atomic mass is 10.3. The molecule has 0 aliphatic carbocycles. The molecule has 1 aromatic heterocycles. The molecular weight excluding hydrogens is 253 g/mol. The van der Waals surface area contributed by atoms with Crippen LogP contribution in [0.4, 0.5) is 21.7 Å². The summed E-state index contributed by atoms with van der Waals surface area (Å²) in [6.45, 7) is 2.76. The number of hydrogen-bond acceptors (Lipinski definition) is 3. The number of hydrogen-bond donors (Lipinski definition) is 2. The van der Waals surface area contributed by atoms with Gasteiger partial charge in [-0.1, -0.05) is 23.7 Å². The van der Waals surface area contributed by atoms with Crippen molar-refractivity contribution in [3.05, 3.63) is 47.2 Å². The maximum Gasteiger partial charge on any atom is 0.148 e. The quantitative estimate of drug-likeness (QED) is 0.876. The molecule has 0 aliphatic rings. The molecule has 0 atom stereocenters. The van der Waals surface area contributed by atoms with Crippen molar-refractivity contribution < 1.29 is 4.39 Å². The summed E-state index contributed by atoms with van der Waals surface area (Å²) in [4.78, 5) is 4.29. The molecule has 5 heteroatoms. The highest BCUT2D eigenvalue weighted by molar-refractivity contribution is 6.33. The Morgan fingerprint density at radius 2 is 1.89 bits per heavy atom. The minimum atomic E-state index is -0.404. The van der Waals surface area contributed by atoms with Crippen LogP contribution in [0.25, 0.3) is 0 Å². The molecule has 2 rings (SSSR count). The number of halogens is 2. The number of aromatic nitrogens is 1. The van der Waals surface area contributed by atoms with Crippen LogP contribution in [0.3, 0.4) is 0 Å². The summed E-state index contributed by atoms with van der Waals surface area (Å²) >= 11 is 5.93. The molecule has 0 amide bonds. The van der Waals surface area contributed by atoms with Gasteiger partial charge in [0.05, 0.1) is 10.7 Å². The smallest absolute Gasteiger partial charge is 0.148 e. The lowest BCUT2D eigenvalue weighted by Gasteiger charge is -2.10. The van der Waals surface area contributed by atoms with Gasteiger partial charge in [0.25, 0.3) is 0 Å². The minimum Gasteiger partial charge on any atom is -0.370 e. The molecular formula is C13H13ClFN3. The van der Waals surface area contributed by atoms with Gasteiger partial charge in [0.15, 0.2) is 0 Å². The van der Waals surface area contributed by atoms with Crippen molar-refractivity contribution in [3.63, 3.8) is 0 Å². The third kappa shape index (κ3) is 2.90. The van der Waals surface area contributed by atoms with Crippen molar-refractivity contribution in [1.82, 2.24) is 4.98 Å². The van der Waals surface area contributed by atoms with Gasteiger partial charge in [-0.25, -0.2) is 9.37 Å². The van der Waals surface area contributed by atoms with E-state index in [9.17, 15) is 4.39 Å². The van der Waals surface area contributed by atoms with E-state index in [2.05, 4.69) is 15.6 Å². The van der Waals surface area contributed by atoms with Crippen molar-refractivity contribution in [2.75, 3.05) is 17.2 Å². The Morgan fingerprint density at radius 1 is 1.17 bits per heavy atom. The molecule has 94 valence electrons. The number of para-hydroxylation sites is 1. The topological polar surface area (TPSA) is 37.0 Å². The normalized spacial score (nSPS) is 10.2. The van der Waals surface area contributed by atoms with E-state index in [0.717, 1.165) is 12.4 Å². The highest BCUT2D eigenvalue weighted by Gasteiger charge is 2.07. The van der Waals surface area contributed by atoms with E-state index in [1.54, 1.807) is 18.2 Å². The van der Waals surface area contributed by atoms with Crippen LogP contribution >= 0.6 is 11.6 Å². The minimum absolute atomic E-state index is 0.236. The van der Waals surface area contributed by atoms with E-state index in [1.165, 1.54) is 6.07 Å². The Balaban J connectivity index is 2.26. The summed E-state index contributed by atoms with van der Waals surface area (Å²) in [5.41, 5.74) is 0.236. The van der Waals surface area contributed by atoms with Gasteiger partial charge in [0.1, 0.15) is 17.5 Å². The van der Waals surface area contributed by atoms with Gasteiger partial charge in [0.2, 0.25) is 0 Å². The summed E-state index contributed by atoms with van der Waals surface area (Å²) in [6.07, 6.45) is 0. The van der Waals surface area contributed by atoms with Crippen molar-refractivity contribution in [2.24, 2.45) is 0 Å². The van der Waals surface area contributed by atoms with Crippen LogP contribution in [-0.4, -0.2) is 11.5 Å². The number of anilines is 3. The van der Waals surface area contributed by atoms with Gasteiger partial charge in [0, 0.05) is 6.54 Å². The van der Waals surface area contributed by atoms with E-state index in [4.69, 9.17) is 11.6 Å². The Hall–Kier alpha value is -1.81. The average molecular weight is 266 g/mol. The molecule has 0 aliphatic heterocycles. The molecule has 1 aromatic carbocycles. The molecule has 0 radical (unpaired) electrons. The molecule has 1 heterocycles. The maximum atomic E-state index is 13.6. The van der Waals surface area contributed by atoms with E-state index < -0.39 is 5.82 Å². The second-order valence-electron chi connectivity index (χ2n) is 3.66. The van der Waals surface area contributed by atoms with Gasteiger partial charge in [-0.15, -0.1) is 0 Å². The molecule has 0 fully saturated rings. The Bertz CT molecular complexity index is 525. The predicted molar refractivity (Wildman–Crippen MR) is 73.1 cm³/mol. The molecule has 0 bridgehead atoms. The molecule has 18 heavy (non-hydrogen) atoms. The first-order valence-electron chi connectivity index (χ1n) is 5.62. The second-order valence-corrected chi connectivity index (χ2v) is 4.07. The zero-order valence-corrected chi connectivity index (χ0v) is 10.6. The molecule has 0 saturated carbocycles. The van der Waals surface area contributed by atoms with Gasteiger partial charge >= 0.3 is 0 Å². The Labute approximate surface area is 110 Å². The van der Waals surface area contributed by atoms with Crippen LogP contribution in [0.15, 0.2) is 36.4 Å². The molecule has 3 nitrogen and oxygen atoms in total. The Morgan fingerprint density at radius 3 is 2.61 bits per heavy atom. The van der Waals surface area contributed by atoms with E-state index in [1.807, 2.05) is 19.1 Å². The molecule has 2 aromatic rings. The van der Waals surface area contributed by atoms with Crippen molar-refractivity contribution in [1.29, 1.82) is 0 Å². The van der Waals surface area contributed by atoms with Gasteiger partial charge in [-0.2, -0.15) is 0 Å². The molecule has 0 spiro atoms. The third-order valence-corrected chi connectivity index (χ3v) is 2.64. The summed E-state index contributed by atoms with van der Waals surface area (Å²) in [6, 6.07) is 9.97. The van der Waals surface area contributed by atoms with Crippen molar-refractivity contribution in [2.45, 2.75) is 6.92 Å². The summed E-state index contributed by atoms with van der Waals surface area (Å²) < 4.78 is 13.6. The number of rotatable bonds is 4. The second kappa shape index (κ2) is 5.69. The summed E-state index contributed by atoms with van der Waals surface area (Å²) in [5, 5.41) is 6.29. The highest BCUT2D eigenvalue weighted by Crippen LogP contribution is 2.27. The zero-order valence-electron chi connectivity index (χ0n) is 9.87. The predicted octanol–water partition coefficient (Wildman–Crippen LogP) is 4.05.